The number of rotatable bonds is 11. The molecule has 2 aliphatic heterocycles. The molecule has 0 bridgehead atoms. The number of nitrogens with one attached hydrogen (secondary N) is 1. The Hall–Kier alpha value is -2.46. The van der Waals surface area contributed by atoms with Crippen LogP contribution >= 0.6 is 0 Å². The van der Waals surface area contributed by atoms with Gasteiger partial charge in [-0.05, 0) is 69.1 Å². The van der Waals surface area contributed by atoms with Crippen molar-refractivity contribution < 1.29 is 22.7 Å². The minimum Gasteiger partial charge on any atom is -0.497 e. The molecule has 1 atom stereocenters. The topological polar surface area (TPSA) is 88.2 Å². The molecule has 9 heteroatoms. The highest BCUT2D eigenvalue weighted by Gasteiger charge is 2.27. The number of piperidine rings is 2. The predicted octanol–water partition coefficient (Wildman–Crippen LogP) is 3.88. The lowest BCUT2D eigenvalue weighted by Crippen LogP contribution is -2.40. The Bertz CT molecular complexity index is 1140. The van der Waals surface area contributed by atoms with Crippen molar-refractivity contribution in [2.45, 2.75) is 49.5 Å². The Morgan fingerprint density at radius 2 is 1.54 bits per heavy atom. The largest absolute Gasteiger partial charge is 0.497 e. The van der Waals surface area contributed by atoms with Crippen LogP contribution in [0.25, 0.3) is 0 Å². The number of hydrogen-bond acceptors (Lipinski definition) is 7. The summed E-state index contributed by atoms with van der Waals surface area (Å²) in [6.45, 7) is 3.85. The molecule has 2 aromatic rings. The molecule has 2 saturated heterocycles. The number of carbonyl (C=O) groups excluding carboxylic acids is 1. The minimum atomic E-state index is -3.51. The van der Waals surface area contributed by atoms with Crippen LogP contribution < -0.4 is 14.8 Å². The smallest absolute Gasteiger partial charge is 0.243 e. The SMILES string of the molecule is COc1ccc(OC)c(C(CNCC(=O)c2ccc(S(=O)(=O)N3CCCCC3)cc2)N2CCCCC2)c1. The summed E-state index contributed by atoms with van der Waals surface area (Å²) in [4.78, 5) is 15.6. The Labute approximate surface area is 221 Å². The zero-order valence-corrected chi connectivity index (χ0v) is 22.8. The van der Waals surface area contributed by atoms with E-state index in [-0.39, 0.29) is 23.3 Å². The summed E-state index contributed by atoms with van der Waals surface area (Å²) in [6, 6.07) is 12.2. The number of Topliss-reactive ketones (excluding diaryl/α,β-unsaturated/α-hetero) is 1. The first-order chi connectivity index (χ1) is 17.9. The quantitative estimate of drug-likeness (QED) is 0.442. The van der Waals surface area contributed by atoms with Gasteiger partial charge in [0.05, 0.1) is 31.7 Å². The summed E-state index contributed by atoms with van der Waals surface area (Å²) < 4.78 is 38.5. The second kappa shape index (κ2) is 12.9. The second-order valence-electron chi connectivity index (χ2n) is 9.76. The molecule has 1 N–H and O–H groups in total. The molecule has 0 saturated carbocycles. The maximum absolute atomic E-state index is 12.9. The van der Waals surface area contributed by atoms with E-state index in [1.54, 1.807) is 42.8 Å². The van der Waals surface area contributed by atoms with E-state index in [9.17, 15) is 13.2 Å². The van der Waals surface area contributed by atoms with E-state index in [1.807, 2.05) is 18.2 Å². The summed E-state index contributed by atoms with van der Waals surface area (Å²) in [5.41, 5.74) is 1.54. The van der Waals surface area contributed by atoms with Gasteiger partial charge in [-0.2, -0.15) is 4.31 Å². The molecule has 37 heavy (non-hydrogen) atoms. The molecule has 2 heterocycles. The number of benzene rings is 2. The molecule has 8 nitrogen and oxygen atoms in total. The molecule has 0 amide bonds. The summed E-state index contributed by atoms with van der Waals surface area (Å²) in [7, 11) is -0.184. The highest BCUT2D eigenvalue weighted by molar-refractivity contribution is 7.89. The van der Waals surface area contributed by atoms with Crippen molar-refractivity contribution in [1.82, 2.24) is 14.5 Å². The number of sulfonamides is 1. The van der Waals surface area contributed by atoms with Gasteiger partial charge in [0.2, 0.25) is 10.0 Å². The van der Waals surface area contributed by atoms with E-state index < -0.39 is 10.0 Å². The predicted molar refractivity (Wildman–Crippen MR) is 144 cm³/mol. The van der Waals surface area contributed by atoms with Gasteiger partial charge < -0.3 is 14.8 Å². The number of hydrogen-bond donors (Lipinski definition) is 1. The van der Waals surface area contributed by atoms with Crippen molar-refractivity contribution in [3.63, 3.8) is 0 Å². The van der Waals surface area contributed by atoms with Crippen LogP contribution in [-0.2, 0) is 10.0 Å². The number of ether oxygens (including phenoxy) is 2. The highest BCUT2D eigenvalue weighted by Crippen LogP contribution is 2.34. The monoisotopic (exact) mass is 529 g/mol. The third kappa shape index (κ3) is 6.71. The van der Waals surface area contributed by atoms with Gasteiger partial charge in [0, 0.05) is 30.8 Å². The van der Waals surface area contributed by atoms with Crippen molar-refractivity contribution in [3.05, 3.63) is 53.6 Å². The fraction of sp³-hybridized carbons (Fsp3) is 0.536. The third-order valence-corrected chi connectivity index (χ3v) is 9.29. The average Bonchev–Trinajstić information content (AvgIpc) is 2.96. The zero-order chi connectivity index (χ0) is 26.3. The van der Waals surface area contributed by atoms with Crippen LogP contribution in [0.1, 0.15) is 60.5 Å². The van der Waals surface area contributed by atoms with E-state index in [0.717, 1.165) is 62.3 Å². The molecular formula is C28H39N3O5S. The van der Waals surface area contributed by atoms with Gasteiger partial charge in [0.15, 0.2) is 5.78 Å². The minimum absolute atomic E-state index is 0.0372. The van der Waals surface area contributed by atoms with Gasteiger partial charge in [0.1, 0.15) is 11.5 Å². The standard InChI is InChI=1S/C28H39N3O5S/c1-35-23-11-14-28(36-2)25(19-23)26(30-15-5-3-6-16-30)20-29-21-27(32)22-9-12-24(13-10-22)37(33,34)31-17-7-4-8-18-31/h9-14,19,26,29H,3-8,15-18,20-21H2,1-2H3. The van der Waals surface area contributed by atoms with Gasteiger partial charge in [-0.3, -0.25) is 9.69 Å². The van der Waals surface area contributed by atoms with Gasteiger partial charge in [-0.15, -0.1) is 0 Å². The van der Waals surface area contributed by atoms with Crippen LogP contribution in [0, 0.1) is 0 Å². The number of carbonyl (C=O) groups is 1. The lowest BCUT2D eigenvalue weighted by molar-refractivity contribution is 0.0983. The van der Waals surface area contributed by atoms with Crippen LogP contribution in [-0.4, -0.2) is 76.9 Å². The first-order valence-electron chi connectivity index (χ1n) is 13.2. The van der Waals surface area contributed by atoms with Gasteiger partial charge in [-0.25, -0.2) is 8.42 Å². The summed E-state index contributed by atoms with van der Waals surface area (Å²) in [5.74, 6) is 1.50. The fourth-order valence-corrected chi connectivity index (χ4v) is 6.77. The van der Waals surface area contributed by atoms with Crippen LogP contribution in [0.5, 0.6) is 11.5 Å². The zero-order valence-electron chi connectivity index (χ0n) is 21.9. The second-order valence-corrected chi connectivity index (χ2v) is 11.7. The van der Waals surface area contributed by atoms with Gasteiger partial charge >= 0.3 is 0 Å². The maximum Gasteiger partial charge on any atom is 0.243 e. The third-order valence-electron chi connectivity index (χ3n) is 7.38. The first kappa shape index (κ1) is 27.6. The van der Waals surface area contributed by atoms with Crippen LogP contribution in [0.3, 0.4) is 0 Å². The molecule has 0 aromatic heterocycles. The molecule has 1 unspecified atom stereocenters. The number of ketones is 1. The molecule has 2 aliphatic rings. The molecule has 0 radical (unpaired) electrons. The van der Waals surface area contributed by atoms with E-state index in [1.165, 1.54) is 6.42 Å². The summed E-state index contributed by atoms with van der Waals surface area (Å²) in [5, 5.41) is 3.35. The molecule has 2 fully saturated rings. The van der Waals surface area contributed by atoms with E-state index in [2.05, 4.69) is 10.2 Å². The number of nitrogens with zero attached hydrogens (tertiary/aromatic N) is 2. The summed E-state index contributed by atoms with van der Waals surface area (Å²) in [6.07, 6.45) is 6.37. The molecule has 2 aromatic carbocycles. The van der Waals surface area contributed by atoms with Crippen LogP contribution in [0.4, 0.5) is 0 Å². The average molecular weight is 530 g/mol. The first-order valence-corrected chi connectivity index (χ1v) is 14.7. The van der Waals surface area contributed by atoms with E-state index >= 15 is 0 Å². The van der Waals surface area contributed by atoms with E-state index in [0.29, 0.717) is 25.2 Å². The van der Waals surface area contributed by atoms with Crippen molar-refractivity contribution >= 4 is 15.8 Å². The van der Waals surface area contributed by atoms with E-state index in [4.69, 9.17) is 9.47 Å². The Morgan fingerprint density at radius 1 is 0.892 bits per heavy atom. The molecular weight excluding hydrogens is 490 g/mol. The van der Waals surface area contributed by atoms with Gasteiger partial charge in [0.25, 0.3) is 0 Å². The molecule has 202 valence electrons. The summed E-state index contributed by atoms with van der Waals surface area (Å²) >= 11 is 0. The van der Waals surface area contributed by atoms with Crippen molar-refractivity contribution in [2.75, 3.05) is 53.5 Å². The van der Waals surface area contributed by atoms with Crippen molar-refractivity contribution in [3.8, 4) is 11.5 Å². The fourth-order valence-electron chi connectivity index (χ4n) is 5.26. The van der Waals surface area contributed by atoms with Crippen LogP contribution in [0.2, 0.25) is 0 Å². The normalized spacial score (nSPS) is 18.3. The van der Waals surface area contributed by atoms with Crippen molar-refractivity contribution in [1.29, 1.82) is 0 Å². The Morgan fingerprint density at radius 3 is 2.16 bits per heavy atom. The lowest BCUT2D eigenvalue weighted by Gasteiger charge is -2.35. The maximum atomic E-state index is 12.9. The van der Waals surface area contributed by atoms with Gasteiger partial charge in [-0.1, -0.05) is 25.0 Å². The number of likely N-dealkylation sites (tertiary alicyclic amines) is 1. The Balaban J connectivity index is 1.42. The molecule has 0 spiro atoms. The van der Waals surface area contributed by atoms with Crippen molar-refractivity contribution in [2.24, 2.45) is 0 Å². The number of methoxy groups -OCH3 is 2. The van der Waals surface area contributed by atoms with Crippen LogP contribution in [0.15, 0.2) is 47.4 Å². The molecule has 4 rings (SSSR count). The Kier molecular flexibility index (Phi) is 9.59. The molecule has 0 aliphatic carbocycles. The lowest BCUT2D eigenvalue weighted by atomic mass is 10.00. The highest BCUT2D eigenvalue weighted by atomic mass is 32.2.